The molecular weight excluding hydrogens is 240 g/mol. The van der Waals surface area contributed by atoms with Crippen LogP contribution in [-0.2, 0) is 9.59 Å². The number of rotatable bonds is 3. The van der Waals surface area contributed by atoms with E-state index in [4.69, 9.17) is 0 Å². The topological polar surface area (TPSA) is 40.6 Å². The molecule has 2 aliphatic heterocycles. The van der Waals surface area contributed by atoms with Gasteiger partial charge in [-0.15, -0.1) is 0 Å². The molecule has 2 saturated heterocycles. The smallest absolute Gasteiger partial charge is 0.245 e. The highest BCUT2D eigenvalue weighted by Gasteiger charge is 2.49. The van der Waals surface area contributed by atoms with E-state index in [2.05, 4.69) is 4.90 Å². The van der Waals surface area contributed by atoms with E-state index in [9.17, 15) is 9.59 Å². The zero-order chi connectivity index (χ0) is 13.0. The van der Waals surface area contributed by atoms with Gasteiger partial charge in [-0.2, -0.15) is 0 Å². The van der Waals surface area contributed by atoms with Crippen LogP contribution in [-0.4, -0.2) is 46.8 Å². The summed E-state index contributed by atoms with van der Waals surface area (Å²) in [5.41, 5.74) is 0. The minimum Gasteiger partial charge on any atom is -0.337 e. The van der Waals surface area contributed by atoms with Crippen LogP contribution in [0, 0.1) is 11.8 Å². The summed E-state index contributed by atoms with van der Waals surface area (Å²) in [7, 11) is 0. The lowest BCUT2D eigenvalue weighted by molar-refractivity contribution is -0.141. The highest BCUT2D eigenvalue weighted by atomic mass is 16.2. The van der Waals surface area contributed by atoms with E-state index in [1.165, 1.54) is 25.7 Å². The van der Waals surface area contributed by atoms with E-state index in [1.807, 2.05) is 4.90 Å². The molecule has 2 amide bonds. The molecule has 0 bridgehead atoms. The van der Waals surface area contributed by atoms with Gasteiger partial charge >= 0.3 is 0 Å². The van der Waals surface area contributed by atoms with E-state index in [-0.39, 0.29) is 17.9 Å². The second-order valence-electron chi connectivity index (χ2n) is 6.69. The molecule has 0 radical (unpaired) electrons. The summed E-state index contributed by atoms with van der Waals surface area (Å²) in [6.07, 6.45) is 7.55. The largest absolute Gasteiger partial charge is 0.337 e. The van der Waals surface area contributed by atoms with Gasteiger partial charge in [0.2, 0.25) is 11.8 Å². The van der Waals surface area contributed by atoms with Crippen molar-refractivity contribution >= 4 is 11.8 Å². The predicted octanol–water partition coefficient (Wildman–Crippen LogP) is 1.40. The first-order valence-corrected chi connectivity index (χ1v) is 7.85. The van der Waals surface area contributed by atoms with Gasteiger partial charge in [0.1, 0.15) is 6.04 Å². The molecule has 2 saturated carbocycles. The van der Waals surface area contributed by atoms with Gasteiger partial charge in [-0.1, -0.05) is 0 Å². The van der Waals surface area contributed by atoms with Crippen molar-refractivity contribution in [3.8, 4) is 0 Å². The molecule has 0 aromatic heterocycles. The van der Waals surface area contributed by atoms with Gasteiger partial charge < -0.3 is 9.80 Å². The average molecular weight is 262 g/mol. The molecule has 0 N–H and O–H groups in total. The number of nitrogens with zero attached hydrogens (tertiary/aromatic N) is 2. The number of fused-ring (bicyclic) bond motifs is 1. The molecule has 1 atom stereocenters. The Morgan fingerprint density at radius 1 is 0.947 bits per heavy atom. The number of hydrogen-bond acceptors (Lipinski definition) is 2. The molecule has 104 valence electrons. The number of amides is 2. The van der Waals surface area contributed by atoms with Gasteiger partial charge in [0.05, 0.1) is 0 Å². The zero-order valence-electron chi connectivity index (χ0n) is 11.4. The molecule has 0 spiro atoms. The molecule has 2 heterocycles. The fourth-order valence-electron chi connectivity index (χ4n) is 4.05. The third kappa shape index (κ3) is 1.96. The predicted molar refractivity (Wildman–Crippen MR) is 70.3 cm³/mol. The average Bonchev–Trinajstić information content (AvgIpc) is 3.32. The first kappa shape index (κ1) is 11.7. The van der Waals surface area contributed by atoms with Crippen molar-refractivity contribution in [3.63, 3.8) is 0 Å². The first-order valence-electron chi connectivity index (χ1n) is 7.85. The summed E-state index contributed by atoms with van der Waals surface area (Å²) in [4.78, 5) is 28.9. The number of hydrogen-bond donors (Lipinski definition) is 0. The molecular formula is C15H22N2O2. The maximum Gasteiger partial charge on any atom is 0.245 e. The second kappa shape index (κ2) is 4.22. The monoisotopic (exact) mass is 262 g/mol. The number of carbonyl (C=O) groups is 2. The second-order valence-corrected chi connectivity index (χ2v) is 6.69. The van der Waals surface area contributed by atoms with Crippen molar-refractivity contribution < 1.29 is 9.59 Å². The maximum atomic E-state index is 12.8. The lowest BCUT2D eigenvalue weighted by atomic mass is 10.0. The maximum absolute atomic E-state index is 12.8. The molecule has 0 aromatic carbocycles. The van der Waals surface area contributed by atoms with E-state index >= 15 is 0 Å². The highest BCUT2D eigenvalue weighted by molar-refractivity contribution is 5.90. The molecule has 4 fully saturated rings. The Morgan fingerprint density at radius 2 is 1.63 bits per heavy atom. The van der Waals surface area contributed by atoms with Crippen LogP contribution in [0.15, 0.2) is 0 Å². The Bertz CT molecular complexity index is 402. The summed E-state index contributed by atoms with van der Waals surface area (Å²) in [6.45, 7) is 1.46. The van der Waals surface area contributed by atoms with Crippen LogP contribution in [0.4, 0.5) is 0 Å². The third-order valence-electron chi connectivity index (χ3n) is 5.28. The van der Waals surface area contributed by atoms with Crippen molar-refractivity contribution in [1.82, 2.24) is 9.80 Å². The van der Waals surface area contributed by atoms with Gasteiger partial charge in [-0.05, 0) is 50.4 Å². The van der Waals surface area contributed by atoms with E-state index in [0.29, 0.717) is 19.0 Å². The highest BCUT2D eigenvalue weighted by Crippen LogP contribution is 2.48. The van der Waals surface area contributed by atoms with Crippen molar-refractivity contribution in [2.75, 3.05) is 13.1 Å². The molecule has 0 aromatic rings. The molecule has 2 aliphatic carbocycles. The van der Waals surface area contributed by atoms with Crippen LogP contribution in [0.3, 0.4) is 0 Å². The van der Waals surface area contributed by atoms with Crippen LogP contribution < -0.4 is 0 Å². The van der Waals surface area contributed by atoms with E-state index < -0.39 is 0 Å². The lowest BCUT2D eigenvalue weighted by Gasteiger charge is -2.33. The third-order valence-corrected chi connectivity index (χ3v) is 5.28. The van der Waals surface area contributed by atoms with Crippen LogP contribution >= 0.6 is 0 Å². The summed E-state index contributed by atoms with van der Waals surface area (Å²) in [5, 5.41) is 0. The summed E-state index contributed by atoms with van der Waals surface area (Å²) in [6, 6.07) is 0.329. The van der Waals surface area contributed by atoms with E-state index in [0.717, 1.165) is 31.2 Å². The summed E-state index contributed by atoms with van der Waals surface area (Å²) < 4.78 is 0. The Morgan fingerprint density at radius 3 is 2.26 bits per heavy atom. The zero-order valence-corrected chi connectivity index (χ0v) is 11.4. The Hall–Kier alpha value is -1.06. The minimum atomic E-state index is -0.130. The fraction of sp³-hybridized carbons (Fsp3) is 0.867. The van der Waals surface area contributed by atoms with Crippen molar-refractivity contribution in [3.05, 3.63) is 0 Å². The van der Waals surface area contributed by atoms with Crippen LogP contribution in [0.1, 0.15) is 44.9 Å². The Balaban J connectivity index is 1.60. The van der Waals surface area contributed by atoms with Crippen molar-refractivity contribution in [1.29, 1.82) is 0 Å². The van der Waals surface area contributed by atoms with Gasteiger partial charge in [0.25, 0.3) is 0 Å². The normalized spacial score (nSPS) is 31.9. The van der Waals surface area contributed by atoms with Crippen LogP contribution in [0.25, 0.3) is 0 Å². The van der Waals surface area contributed by atoms with Crippen LogP contribution in [0.2, 0.25) is 0 Å². The number of carbonyl (C=O) groups excluding carboxylic acids is 2. The molecule has 4 aliphatic rings. The first-order chi connectivity index (χ1) is 9.25. The van der Waals surface area contributed by atoms with Gasteiger partial charge in [0, 0.05) is 25.6 Å². The minimum absolute atomic E-state index is 0.130. The summed E-state index contributed by atoms with van der Waals surface area (Å²) >= 11 is 0. The molecule has 19 heavy (non-hydrogen) atoms. The Labute approximate surface area is 114 Å². The standard InChI is InChI=1S/C15H22N2O2/c18-13-7-9-17(14(10-3-4-10)11-5-6-11)15(19)12-2-1-8-16(12)13/h10-12,14H,1-9H2. The van der Waals surface area contributed by atoms with Crippen molar-refractivity contribution in [2.24, 2.45) is 11.8 Å². The van der Waals surface area contributed by atoms with Gasteiger partial charge in [-0.3, -0.25) is 9.59 Å². The molecule has 4 heteroatoms. The quantitative estimate of drug-likeness (QED) is 0.771. The van der Waals surface area contributed by atoms with Crippen molar-refractivity contribution in [2.45, 2.75) is 57.0 Å². The molecule has 1 unspecified atom stereocenters. The van der Waals surface area contributed by atoms with Gasteiger partial charge in [-0.25, -0.2) is 0 Å². The van der Waals surface area contributed by atoms with Gasteiger partial charge in [0.15, 0.2) is 0 Å². The summed E-state index contributed by atoms with van der Waals surface area (Å²) in [5.74, 6) is 1.93. The van der Waals surface area contributed by atoms with Crippen LogP contribution in [0.5, 0.6) is 0 Å². The molecule has 4 rings (SSSR count). The van der Waals surface area contributed by atoms with E-state index in [1.54, 1.807) is 0 Å². The Kier molecular flexibility index (Phi) is 2.61. The molecule has 4 nitrogen and oxygen atoms in total. The SMILES string of the molecule is O=C1CCN(C(C2CC2)C2CC2)C(=O)C2CCCN12. The fourth-order valence-corrected chi connectivity index (χ4v) is 4.05. The lowest BCUT2D eigenvalue weighted by Crippen LogP contribution is -2.49.